The van der Waals surface area contributed by atoms with Crippen molar-refractivity contribution in [3.05, 3.63) is 24.2 Å². The Morgan fingerprint density at radius 1 is 1.05 bits per heavy atom. The van der Waals surface area contributed by atoms with Gasteiger partial charge in [-0.15, -0.1) is 0 Å². The largest absolute Gasteiger partial charge is 0.490 e. The molecule has 1 saturated carbocycles. The molecule has 2 aliphatic heterocycles. The van der Waals surface area contributed by atoms with E-state index in [1.165, 1.54) is 58.3 Å². The standard InChI is InChI=1S/C20H32N2O2.2C2HF3O2/c1-23-15-18-13-22(14-19-6-3-11-24-19)16-20(18)7-9-21(10-8-20)12-17-4-2-5-17;2*3-2(4,5)1(6)7/h3,6,11,17-18H,2,4-5,7-10,12-16H2,1H3;2*(H,6,7). The molecule has 1 aromatic heterocycles. The highest BCUT2D eigenvalue weighted by Gasteiger charge is 2.48. The van der Waals surface area contributed by atoms with Crippen LogP contribution in [-0.2, 0) is 20.9 Å². The minimum absolute atomic E-state index is 0.457. The molecule has 3 heterocycles. The van der Waals surface area contributed by atoms with Gasteiger partial charge in [0.05, 0.1) is 19.4 Å². The number of methoxy groups -OCH3 is 1. The molecule has 1 atom stereocenters. The molecule has 0 amide bonds. The summed E-state index contributed by atoms with van der Waals surface area (Å²) in [5.74, 6) is -2.76. The zero-order valence-electron chi connectivity index (χ0n) is 21.1. The fourth-order valence-corrected chi connectivity index (χ4v) is 5.11. The Hall–Kier alpha value is -2.32. The smallest absolute Gasteiger partial charge is 0.475 e. The number of halogens is 6. The molecule has 2 saturated heterocycles. The average molecular weight is 561 g/mol. The molecule has 1 aromatic rings. The van der Waals surface area contributed by atoms with Gasteiger partial charge in [-0.2, -0.15) is 26.3 Å². The molecule has 8 nitrogen and oxygen atoms in total. The molecule has 14 heteroatoms. The molecule has 4 rings (SSSR count). The van der Waals surface area contributed by atoms with Gasteiger partial charge in [-0.05, 0) is 62.2 Å². The first-order valence-electron chi connectivity index (χ1n) is 12.2. The van der Waals surface area contributed by atoms with Crippen LogP contribution in [0.15, 0.2) is 22.8 Å². The summed E-state index contributed by atoms with van der Waals surface area (Å²) in [5, 5.41) is 14.2. The Morgan fingerprint density at radius 3 is 2.00 bits per heavy atom. The number of carboxylic acids is 2. The highest BCUT2D eigenvalue weighted by molar-refractivity contribution is 5.73. The van der Waals surface area contributed by atoms with E-state index in [4.69, 9.17) is 29.0 Å². The summed E-state index contributed by atoms with van der Waals surface area (Å²) < 4.78 is 74.6. The molecule has 2 N–H and O–H groups in total. The maximum absolute atomic E-state index is 10.6. The Morgan fingerprint density at radius 2 is 1.61 bits per heavy atom. The summed E-state index contributed by atoms with van der Waals surface area (Å²) in [6, 6.07) is 4.09. The Labute approximate surface area is 216 Å². The van der Waals surface area contributed by atoms with Crippen LogP contribution in [-0.4, -0.2) is 90.7 Å². The molecule has 1 spiro atoms. The van der Waals surface area contributed by atoms with E-state index in [0.29, 0.717) is 11.3 Å². The van der Waals surface area contributed by atoms with E-state index in [1.807, 2.05) is 13.2 Å². The number of alkyl halides is 6. The normalized spacial score (nSPS) is 22.1. The number of ether oxygens (including phenoxy) is 1. The predicted molar refractivity (Wildman–Crippen MR) is 122 cm³/mol. The molecule has 38 heavy (non-hydrogen) atoms. The van der Waals surface area contributed by atoms with Gasteiger partial charge < -0.3 is 24.3 Å². The van der Waals surface area contributed by atoms with Crippen LogP contribution in [0.25, 0.3) is 0 Å². The molecule has 0 radical (unpaired) electrons. The van der Waals surface area contributed by atoms with Gasteiger partial charge in [0.25, 0.3) is 0 Å². The van der Waals surface area contributed by atoms with E-state index in [2.05, 4.69) is 15.9 Å². The van der Waals surface area contributed by atoms with Crippen molar-refractivity contribution in [3.8, 4) is 0 Å². The predicted octanol–water partition coefficient (Wildman–Crippen LogP) is 4.51. The van der Waals surface area contributed by atoms with E-state index in [1.54, 1.807) is 6.26 Å². The van der Waals surface area contributed by atoms with Crippen molar-refractivity contribution < 1.29 is 55.3 Å². The lowest BCUT2D eigenvalue weighted by Crippen LogP contribution is -2.46. The lowest BCUT2D eigenvalue weighted by Gasteiger charge is -2.44. The second-order valence-electron chi connectivity index (χ2n) is 9.97. The van der Waals surface area contributed by atoms with Crippen molar-refractivity contribution in [2.45, 2.75) is 51.0 Å². The molecule has 1 aliphatic carbocycles. The third-order valence-electron chi connectivity index (χ3n) is 7.29. The minimum atomic E-state index is -5.08. The van der Waals surface area contributed by atoms with Crippen LogP contribution in [0.2, 0.25) is 0 Å². The SMILES string of the molecule is COCC1CN(Cc2ccco2)CC12CCN(CC1CCC1)CC2.O=C(O)C(F)(F)F.O=C(O)C(F)(F)F. The summed E-state index contributed by atoms with van der Waals surface area (Å²) >= 11 is 0. The second kappa shape index (κ2) is 13.7. The summed E-state index contributed by atoms with van der Waals surface area (Å²) in [7, 11) is 1.86. The van der Waals surface area contributed by atoms with Crippen molar-refractivity contribution >= 4 is 11.9 Å². The molecular formula is C24H34F6N2O6. The van der Waals surface area contributed by atoms with Crippen LogP contribution in [0.1, 0.15) is 37.9 Å². The molecule has 3 fully saturated rings. The Balaban J connectivity index is 0.000000301. The van der Waals surface area contributed by atoms with Gasteiger partial charge in [0.2, 0.25) is 0 Å². The quantitative estimate of drug-likeness (QED) is 0.490. The highest BCUT2D eigenvalue weighted by Crippen LogP contribution is 2.45. The molecule has 0 aromatic carbocycles. The zero-order valence-corrected chi connectivity index (χ0v) is 21.1. The van der Waals surface area contributed by atoms with Gasteiger partial charge in [-0.1, -0.05) is 6.42 Å². The second-order valence-corrected chi connectivity index (χ2v) is 9.97. The number of carbonyl (C=O) groups is 2. The highest BCUT2D eigenvalue weighted by atomic mass is 19.4. The van der Waals surface area contributed by atoms with Crippen LogP contribution in [0.4, 0.5) is 26.3 Å². The summed E-state index contributed by atoms with van der Waals surface area (Å²) in [6.07, 6.45) is -1.33. The molecule has 0 bridgehead atoms. The lowest BCUT2D eigenvalue weighted by molar-refractivity contribution is -0.193. The third kappa shape index (κ3) is 9.77. The number of rotatable bonds is 6. The van der Waals surface area contributed by atoms with Gasteiger partial charge in [0, 0.05) is 32.7 Å². The van der Waals surface area contributed by atoms with Crippen LogP contribution in [0, 0.1) is 17.3 Å². The van der Waals surface area contributed by atoms with Gasteiger partial charge in [0.1, 0.15) is 5.76 Å². The van der Waals surface area contributed by atoms with E-state index >= 15 is 0 Å². The third-order valence-corrected chi connectivity index (χ3v) is 7.29. The fraction of sp³-hybridized carbons (Fsp3) is 0.750. The lowest BCUT2D eigenvalue weighted by atomic mass is 9.71. The van der Waals surface area contributed by atoms with Crippen molar-refractivity contribution in [1.29, 1.82) is 0 Å². The van der Waals surface area contributed by atoms with Crippen LogP contribution in [0.5, 0.6) is 0 Å². The number of hydrogen-bond donors (Lipinski definition) is 2. The monoisotopic (exact) mass is 560 g/mol. The van der Waals surface area contributed by atoms with Gasteiger partial charge in [0.15, 0.2) is 0 Å². The minimum Gasteiger partial charge on any atom is -0.475 e. The number of aliphatic carboxylic acids is 2. The molecule has 3 aliphatic rings. The maximum Gasteiger partial charge on any atom is 0.490 e. The van der Waals surface area contributed by atoms with Crippen molar-refractivity contribution in [2.75, 3.05) is 46.4 Å². The number of furan rings is 1. The molecular weight excluding hydrogens is 526 g/mol. The Kier molecular flexibility index (Phi) is 11.5. The first-order valence-corrected chi connectivity index (χ1v) is 12.2. The first-order chi connectivity index (χ1) is 17.7. The summed E-state index contributed by atoms with van der Waals surface area (Å²) in [4.78, 5) is 23.1. The number of carboxylic acid groups (broad SMARTS) is 2. The van der Waals surface area contributed by atoms with Crippen LogP contribution < -0.4 is 0 Å². The topological polar surface area (TPSA) is 103 Å². The number of piperidine rings is 1. The Bertz CT molecular complexity index is 841. The van der Waals surface area contributed by atoms with Crippen LogP contribution >= 0.6 is 0 Å². The van der Waals surface area contributed by atoms with E-state index in [9.17, 15) is 26.3 Å². The number of likely N-dealkylation sites (tertiary alicyclic amines) is 2. The molecule has 218 valence electrons. The van der Waals surface area contributed by atoms with E-state index in [-0.39, 0.29) is 0 Å². The van der Waals surface area contributed by atoms with E-state index < -0.39 is 24.3 Å². The number of hydrogen-bond acceptors (Lipinski definition) is 6. The van der Waals surface area contributed by atoms with Crippen LogP contribution in [0.3, 0.4) is 0 Å². The van der Waals surface area contributed by atoms with Crippen molar-refractivity contribution in [1.82, 2.24) is 9.80 Å². The number of nitrogens with zero attached hydrogens (tertiary/aromatic N) is 2. The maximum atomic E-state index is 10.6. The van der Waals surface area contributed by atoms with Gasteiger partial charge in [-0.3, -0.25) is 4.90 Å². The first kappa shape index (κ1) is 31.9. The average Bonchev–Trinajstić information content (AvgIpc) is 3.40. The van der Waals surface area contributed by atoms with E-state index in [0.717, 1.165) is 31.4 Å². The fourth-order valence-electron chi connectivity index (χ4n) is 5.11. The van der Waals surface area contributed by atoms with Crippen molar-refractivity contribution in [2.24, 2.45) is 17.3 Å². The summed E-state index contributed by atoms with van der Waals surface area (Å²) in [5.41, 5.74) is 0.457. The van der Waals surface area contributed by atoms with Crippen molar-refractivity contribution in [3.63, 3.8) is 0 Å². The van der Waals surface area contributed by atoms with Gasteiger partial charge >= 0.3 is 24.3 Å². The zero-order chi connectivity index (χ0) is 28.6. The van der Waals surface area contributed by atoms with Gasteiger partial charge in [-0.25, -0.2) is 9.59 Å². The molecule has 1 unspecified atom stereocenters. The summed E-state index contributed by atoms with van der Waals surface area (Å²) in [6.45, 7) is 8.12.